The Morgan fingerprint density at radius 3 is 2.63 bits per heavy atom. The molecule has 2 rings (SSSR count). The Balaban J connectivity index is 2.09. The number of carbonyl (C=O) groups is 2. The molecule has 0 radical (unpaired) electrons. The van der Waals surface area contributed by atoms with Gasteiger partial charge >= 0.3 is 0 Å². The molecule has 2 amide bonds. The first-order chi connectivity index (χ1) is 12.5. The Morgan fingerprint density at radius 1 is 1.44 bits per heavy atom. The Hall–Kier alpha value is -2.78. The van der Waals surface area contributed by atoms with Crippen LogP contribution in [0.15, 0.2) is 21.2 Å². The van der Waals surface area contributed by atoms with Gasteiger partial charge in [-0.2, -0.15) is 10.5 Å². The third-order valence-electron chi connectivity index (χ3n) is 4.22. The quantitative estimate of drug-likeness (QED) is 0.811. The molecule has 0 saturated carbocycles. The van der Waals surface area contributed by atoms with E-state index in [1.807, 2.05) is 26.8 Å². The van der Waals surface area contributed by atoms with E-state index in [9.17, 15) is 20.1 Å². The van der Waals surface area contributed by atoms with Gasteiger partial charge in [0, 0.05) is 16.9 Å². The fourth-order valence-corrected chi connectivity index (χ4v) is 3.51. The minimum Gasteiger partial charge on any atom is -0.338 e. The van der Waals surface area contributed by atoms with E-state index in [4.69, 9.17) is 4.52 Å². The topological polar surface area (TPSA) is 132 Å². The van der Waals surface area contributed by atoms with Gasteiger partial charge in [0.15, 0.2) is 0 Å². The van der Waals surface area contributed by atoms with E-state index < -0.39 is 17.2 Å². The zero-order valence-corrected chi connectivity index (χ0v) is 16.7. The molecule has 0 aromatic carbocycles. The SMILES string of the molecule is CC(C)(C)c1cc(NC(=O)CSC2=C(C#N)C(C)(C)[C@@H](C#N)C(=O)N2)on1. The minimum atomic E-state index is -0.963. The predicted molar refractivity (Wildman–Crippen MR) is 100.0 cm³/mol. The average Bonchev–Trinajstić information content (AvgIpc) is 3.01. The van der Waals surface area contributed by atoms with E-state index in [2.05, 4.69) is 21.9 Å². The van der Waals surface area contributed by atoms with Gasteiger partial charge in [-0.15, -0.1) is 0 Å². The van der Waals surface area contributed by atoms with Gasteiger partial charge in [0.1, 0.15) is 5.92 Å². The predicted octanol–water partition coefficient (Wildman–Crippen LogP) is 2.67. The van der Waals surface area contributed by atoms with Crippen LogP contribution in [-0.4, -0.2) is 22.7 Å². The fourth-order valence-electron chi connectivity index (χ4n) is 2.53. The van der Waals surface area contributed by atoms with Crippen molar-refractivity contribution in [2.45, 2.75) is 40.0 Å². The standard InChI is InChI=1S/C18H21N5O3S/c1-17(2,3)12-6-14(26-23-12)21-13(24)9-27-16-11(8-20)18(4,5)10(7-19)15(25)22-16/h6,10H,9H2,1-5H3,(H,21,24)(H,22,25)/t10-/m0/s1. The van der Waals surface area contributed by atoms with Crippen LogP contribution < -0.4 is 10.6 Å². The summed E-state index contributed by atoms with van der Waals surface area (Å²) in [6.07, 6.45) is 0. The second kappa shape index (κ2) is 7.45. The van der Waals surface area contributed by atoms with Crippen LogP contribution in [0.1, 0.15) is 40.3 Å². The van der Waals surface area contributed by atoms with Gasteiger partial charge in [-0.3, -0.25) is 14.9 Å². The third kappa shape index (κ3) is 4.32. The van der Waals surface area contributed by atoms with Crippen molar-refractivity contribution >= 4 is 29.5 Å². The van der Waals surface area contributed by atoms with E-state index >= 15 is 0 Å². The maximum Gasteiger partial charge on any atom is 0.243 e. The van der Waals surface area contributed by atoms with E-state index in [0.29, 0.717) is 10.7 Å². The zero-order valence-electron chi connectivity index (χ0n) is 15.8. The summed E-state index contributed by atoms with van der Waals surface area (Å²) in [4.78, 5) is 24.3. The lowest BCUT2D eigenvalue weighted by atomic mass is 9.72. The van der Waals surface area contributed by atoms with Crippen molar-refractivity contribution in [2.75, 3.05) is 11.1 Å². The van der Waals surface area contributed by atoms with Gasteiger partial charge < -0.3 is 9.84 Å². The highest BCUT2D eigenvalue weighted by atomic mass is 32.2. The summed E-state index contributed by atoms with van der Waals surface area (Å²) in [6, 6.07) is 5.65. The molecule has 1 aliphatic rings. The van der Waals surface area contributed by atoms with Gasteiger partial charge in [0.25, 0.3) is 0 Å². The molecule has 0 unspecified atom stereocenters. The molecule has 1 aromatic heterocycles. The van der Waals surface area contributed by atoms with Crippen molar-refractivity contribution in [3.63, 3.8) is 0 Å². The molecular weight excluding hydrogens is 366 g/mol. The molecule has 27 heavy (non-hydrogen) atoms. The number of nitriles is 2. The summed E-state index contributed by atoms with van der Waals surface area (Å²) >= 11 is 1.03. The number of rotatable bonds is 4. The first-order valence-electron chi connectivity index (χ1n) is 8.26. The number of aromatic nitrogens is 1. The summed E-state index contributed by atoms with van der Waals surface area (Å²) in [6.45, 7) is 9.27. The highest BCUT2D eigenvalue weighted by molar-refractivity contribution is 8.03. The highest BCUT2D eigenvalue weighted by Crippen LogP contribution is 2.41. The molecule has 1 atom stereocenters. The number of hydrogen-bond acceptors (Lipinski definition) is 7. The minimum absolute atomic E-state index is 0.0420. The molecule has 2 heterocycles. The van der Waals surface area contributed by atoms with Crippen LogP contribution in [0.2, 0.25) is 0 Å². The average molecular weight is 387 g/mol. The summed E-state index contributed by atoms with van der Waals surface area (Å²) in [5, 5.41) is 28.1. The molecule has 0 saturated heterocycles. The lowest BCUT2D eigenvalue weighted by molar-refractivity contribution is -0.125. The summed E-state index contributed by atoms with van der Waals surface area (Å²) < 4.78 is 5.11. The van der Waals surface area contributed by atoms with E-state index in [1.165, 1.54) is 0 Å². The number of thioether (sulfide) groups is 1. The first-order valence-corrected chi connectivity index (χ1v) is 9.24. The Bertz CT molecular complexity index is 880. The molecule has 0 spiro atoms. The van der Waals surface area contributed by atoms with Crippen molar-refractivity contribution < 1.29 is 14.1 Å². The molecule has 1 aromatic rings. The molecule has 8 nitrogen and oxygen atoms in total. The first kappa shape index (κ1) is 20.5. The number of allylic oxidation sites excluding steroid dienone is 1. The lowest BCUT2D eigenvalue weighted by Gasteiger charge is -2.34. The van der Waals surface area contributed by atoms with Crippen molar-refractivity contribution in [1.29, 1.82) is 10.5 Å². The number of nitrogens with zero attached hydrogens (tertiary/aromatic N) is 3. The number of amides is 2. The Labute approximate surface area is 162 Å². The smallest absolute Gasteiger partial charge is 0.243 e. The van der Waals surface area contributed by atoms with Crippen LogP contribution in [0.25, 0.3) is 0 Å². The van der Waals surface area contributed by atoms with Crippen LogP contribution in [-0.2, 0) is 15.0 Å². The van der Waals surface area contributed by atoms with Crippen molar-refractivity contribution in [2.24, 2.45) is 11.3 Å². The van der Waals surface area contributed by atoms with E-state index in [0.717, 1.165) is 11.8 Å². The van der Waals surface area contributed by atoms with E-state index in [1.54, 1.807) is 19.9 Å². The second-order valence-electron chi connectivity index (χ2n) is 7.75. The second-order valence-corrected chi connectivity index (χ2v) is 8.74. The fraction of sp³-hybridized carbons (Fsp3) is 0.500. The van der Waals surface area contributed by atoms with E-state index in [-0.39, 0.29) is 28.5 Å². The number of hydrogen-bond donors (Lipinski definition) is 2. The molecule has 9 heteroatoms. The van der Waals surface area contributed by atoms with Gasteiger partial charge in [-0.05, 0) is 0 Å². The normalized spacial score (nSPS) is 19.1. The van der Waals surface area contributed by atoms with Crippen molar-refractivity contribution in [3.05, 3.63) is 22.4 Å². The van der Waals surface area contributed by atoms with Gasteiger partial charge in [-0.1, -0.05) is 51.5 Å². The highest BCUT2D eigenvalue weighted by Gasteiger charge is 2.44. The maximum atomic E-state index is 12.2. The molecule has 1 aliphatic heterocycles. The number of carbonyl (C=O) groups excluding carboxylic acids is 2. The summed E-state index contributed by atoms with van der Waals surface area (Å²) in [5.74, 6) is -1.61. The maximum absolute atomic E-state index is 12.2. The summed E-state index contributed by atoms with van der Waals surface area (Å²) in [7, 11) is 0. The molecule has 0 bridgehead atoms. The van der Waals surface area contributed by atoms with Crippen LogP contribution in [0, 0.1) is 34.0 Å². The summed E-state index contributed by atoms with van der Waals surface area (Å²) in [5.41, 5.74) is -0.148. The van der Waals surface area contributed by atoms with Gasteiger partial charge in [0.2, 0.25) is 17.7 Å². The molecule has 142 valence electrons. The van der Waals surface area contributed by atoms with Crippen molar-refractivity contribution in [1.82, 2.24) is 10.5 Å². The van der Waals surface area contributed by atoms with Crippen LogP contribution in [0.3, 0.4) is 0 Å². The molecule has 0 aliphatic carbocycles. The zero-order chi connectivity index (χ0) is 20.4. The largest absolute Gasteiger partial charge is 0.338 e. The van der Waals surface area contributed by atoms with Crippen LogP contribution in [0.5, 0.6) is 0 Å². The lowest BCUT2D eigenvalue weighted by Crippen LogP contribution is -2.44. The third-order valence-corrected chi connectivity index (χ3v) is 5.22. The molecular formula is C18H21N5O3S. The number of nitrogens with one attached hydrogen (secondary N) is 2. The van der Waals surface area contributed by atoms with Gasteiger partial charge in [0.05, 0.1) is 34.2 Å². The monoisotopic (exact) mass is 387 g/mol. The van der Waals surface area contributed by atoms with Crippen LogP contribution >= 0.6 is 11.8 Å². The van der Waals surface area contributed by atoms with Crippen LogP contribution in [0.4, 0.5) is 5.88 Å². The Kier molecular flexibility index (Phi) is 5.67. The molecule has 2 N–H and O–H groups in total. The van der Waals surface area contributed by atoms with Crippen molar-refractivity contribution in [3.8, 4) is 12.1 Å². The number of anilines is 1. The Morgan fingerprint density at radius 2 is 2.11 bits per heavy atom. The van der Waals surface area contributed by atoms with Gasteiger partial charge in [-0.25, -0.2) is 0 Å². The molecule has 0 fully saturated rings.